The number of para-hydroxylation sites is 1. The number of ether oxygens (including phenoxy) is 1. The van der Waals surface area contributed by atoms with E-state index in [0.717, 1.165) is 38.2 Å². The molecular formula is C18H27N3O2. The van der Waals surface area contributed by atoms with Gasteiger partial charge in [0.1, 0.15) is 5.75 Å². The Morgan fingerprint density at radius 1 is 1.30 bits per heavy atom. The third-order valence-electron chi connectivity index (χ3n) is 5.37. The number of hydrazine groups is 1. The molecule has 0 radical (unpaired) electrons. The fraction of sp³-hybridized carbons (Fsp3) is 0.611. The van der Waals surface area contributed by atoms with Gasteiger partial charge in [0.05, 0.1) is 0 Å². The van der Waals surface area contributed by atoms with Crippen LogP contribution >= 0.6 is 0 Å². The van der Waals surface area contributed by atoms with Crippen molar-refractivity contribution >= 4 is 5.91 Å². The quantitative estimate of drug-likeness (QED) is 0.889. The highest BCUT2D eigenvalue weighted by atomic mass is 16.5. The Bertz CT molecular complexity index is 526. The fourth-order valence-electron chi connectivity index (χ4n) is 3.78. The molecule has 3 rings (SSSR count). The molecule has 5 nitrogen and oxygen atoms in total. The number of rotatable bonds is 4. The van der Waals surface area contributed by atoms with Gasteiger partial charge in [-0.1, -0.05) is 32.0 Å². The van der Waals surface area contributed by atoms with Gasteiger partial charge in [0.2, 0.25) is 0 Å². The summed E-state index contributed by atoms with van der Waals surface area (Å²) in [6.45, 7) is 7.41. The minimum Gasteiger partial charge on any atom is -0.484 e. The lowest BCUT2D eigenvalue weighted by molar-refractivity contribution is -0.136. The summed E-state index contributed by atoms with van der Waals surface area (Å²) in [5.74, 6) is 1.46. The molecule has 23 heavy (non-hydrogen) atoms. The number of nitrogens with zero attached hydrogens (tertiary/aromatic N) is 1. The van der Waals surface area contributed by atoms with E-state index in [-0.39, 0.29) is 17.9 Å². The molecule has 5 heteroatoms. The van der Waals surface area contributed by atoms with Gasteiger partial charge in [-0.05, 0) is 36.3 Å². The van der Waals surface area contributed by atoms with Crippen molar-refractivity contribution in [3.05, 3.63) is 30.3 Å². The monoisotopic (exact) mass is 317 g/mol. The summed E-state index contributed by atoms with van der Waals surface area (Å²) >= 11 is 0. The minimum absolute atomic E-state index is 0.0847. The van der Waals surface area contributed by atoms with Crippen LogP contribution in [0.4, 0.5) is 0 Å². The van der Waals surface area contributed by atoms with Crippen molar-refractivity contribution in [1.82, 2.24) is 15.8 Å². The molecule has 0 spiro atoms. The van der Waals surface area contributed by atoms with Crippen molar-refractivity contribution in [3.63, 3.8) is 0 Å². The highest BCUT2D eigenvalue weighted by Gasteiger charge is 2.42. The van der Waals surface area contributed by atoms with Gasteiger partial charge < -0.3 is 9.64 Å². The Morgan fingerprint density at radius 2 is 2.00 bits per heavy atom. The maximum Gasteiger partial charge on any atom is 0.260 e. The number of hydrogen-bond acceptors (Lipinski definition) is 4. The van der Waals surface area contributed by atoms with Crippen molar-refractivity contribution in [2.45, 2.75) is 32.7 Å². The van der Waals surface area contributed by atoms with E-state index in [2.05, 4.69) is 24.7 Å². The predicted molar refractivity (Wildman–Crippen MR) is 89.9 cm³/mol. The minimum atomic E-state index is 0.0847. The second-order valence-corrected chi connectivity index (χ2v) is 7.12. The smallest absolute Gasteiger partial charge is 0.260 e. The zero-order valence-electron chi connectivity index (χ0n) is 14.0. The molecular weight excluding hydrogens is 290 g/mol. The van der Waals surface area contributed by atoms with Crippen LogP contribution in [0, 0.1) is 11.3 Å². The fourth-order valence-corrected chi connectivity index (χ4v) is 3.78. The van der Waals surface area contributed by atoms with Crippen LogP contribution in [0.25, 0.3) is 0 Å². The van der Waals surface area contributed by atoms with Crippen LogP contribution in [0.1, 0.15) is 26.7 Å². The van der Waals surface area contributed by atoms with Gasteiger partial charge in [-0.3, -0.25) is 15.6 Å². The predicted octanol–water partition coefficient (Wildman–Crippen LogP) is 1.81. The number of carbonyl (C=O) groups excluding carboxylic acids is 1. The van der Waals surface area contributed by atoms with E-state index in [1.807, 2.05) is 35.2 Å². The van der Waals surface area contributed by atoms with Crippen molar-refractivity contribution in [2.75, 3.05) is 26.2 Å². The molecule has 2 N–H and O–H groups in total. The van der Waals surface area contributed by atoms with E-state index >= 15 is 0 Å². The van der Waals surface area contributed by atoms with Crippen LogP contribution < -0.4 is 15.6 Å². The van der Waals surface area contributed by atoms with Crippen molar-refractivity contribution in [2.24, 2.45) is 11.3 Å². The number of nitrogens with one attached hydrogen (secondary N) is 2. The SMILES string of the molecule is CC1CNNC1C1(C)CCN(C(=O)COc2ccccc2)CC1. The molecule has 2 atom stereocenters. The van der Waals surface area contributed by atoms with Crippen LogP contribution in [0.5, 0.6) is 5.75 Å². The number of benzene rings is 1. The molecule has 0 aliphatic carbocycles. The number of carbonyl (C=O) groups is 1. The first-order valence-corrected chi connectivity index (χ1v) is 8.52. The first-order valence-electron chi connectivity index (χ1n) is 8.52. The molecule has 2 unspecified atom stereocenters. The lowest BCUT2D eigenvalue weighted by Gasteiger charge is -2.44. The molecule has 2 aliphatic heterocycles. The van der Waals surface area contributed by atoms with E-state index < -0.39 is 0 Å². The maximum absolute atomic E-state index is 12.3. The zero-order valence-corrected chi connectivity index (χ0v) is 14.0. The van der Waals surface area contributed by atoms with E-state index in [4.69, 9.17) is 4.74 Å². The van der Waals surface area contributed by atoms with Gasteiger partial charge in [0, 0.05) is 25.7 Å². The van der Waals surface area contributed by atoms with Gasteiger partial charge in [-0.2, -0.15) is 0 Å². The van der Waals surface area contributed by atoms with Crippen molar-refractivity contribution in [3.8, 4) is 5.75 Å². The first kappa shape index (κ1) is 16.3. The average molecular weight is 317 g/mol. The Hall–Kier alpha value is -1.59. The Morgan fingerprint density at radius 3 is 2.61 bits per heavy atom. The van der Waals surface area contributed by atoms with Crippen LogP contribution in [-0.2, 0) is 4.79 Å². The van der Waals surface area contributed by atoms with Crippen LogP contribution in [-0.4, -0.2) is 43.1 Å². The van der Waals surface area contributed by atoms with Gasteiger partial charge in [-0.15, -0.1) is 0 Å². The van der Waals surface area contributed by atoms with E-state index in [0.29, 0.717) is 12.0 Å². The molecule has 0 saturated carbocycles. The highest BCUT2D eigenvalue weighted by molar-refractivity contribution is 5.77. The van der Waals surface area contributed by atoms with Gasteiger partial charge in [0.15, 0.2) is 6.61 Å². The van der Waals surface area contributed by atoms with Crippen molar-refractivity contribution < 1.29 is 9.53 Å². The third-order valence-corrected chi connectivity index (χ3v) is 5.37. The molecule has 1 aromatic rings. The Labute approximate surface area is 138 Å². The van der Waals surface area contributed by atoms with Gasteiger partial charge >= 0.3 is 0 Å². The Kier molecular flexibility index (Phi) is 4.87. The lowest BCUT2D eigenvalue weighted by Crippen LogP contribution is -2.52. The van der Waals surface area contributed by atoms with E-state index in [9.17, 15) is 4.79 Å². The standard InChI is InChI=1S/C18H27N3O2/c1-14-12-19-20-17(14)18(2)8-10-21(11-9-18)16(22)13-23-15-6-4-3-5-7-15/h3-7,14,17,19-20H,8-13H2,1-2H3. The zero-order chi connectivity index (χ0) is 16.3. The maximum atomic E-state index is 12.3. The molecule has 126 valence electrons. The largest absolute Gasteiger partial charge is 0.484 e. The Balaban J connectivity index is 1.49. The first-order chi connectivity index (χ1) is 11.1. The molecule has 1 amide bonds. The second kappa shape index (κ2) is 6.89. The number of amides is 1. The molecule has 2 fully saturated rings. The molecule has 1 aromatic carbocycles. The summed E-state index contributed by atoms with van der Waals surface area (Å²) < 4.78 is 5.58. The second-order valence-electron chi connectivity index (χ2n) is 7.12. The highest BCUT2D eigenvalue weighted by Crippen LogP contribution is 2.38. The van der Waals surface area contributed by atoms with E-state index in [1.165, 1.54) is 0 Å². The van der Waals surface area contributed by atoms with Crippen LogP contribution in [0.2, 0.25) is 0 Å². The molecule has 2 aliphatic rings. The number of likely N-dealkylation sites (tertiary alicyclic amines) is 1. The summed E-state index contributed by atoms with van der Waals surface area (Å²) in [6.07, 6.45) is 2.07. The van der Waals surface area contributed by atoms with Crippen LogP contribution in [0.15, 0.2) is 30.3 Å². The number of hydrogen-bond donors (Lipinski definition) is 2. The summed E-state index contributed by atoms with van der Waals surface area (Å²) in [7, 11) is 0. The topological polar surface area (TPSA) is 53.6 Å². The number of piperidine rings is 1. The van der Waals surface area contributed by atoms with Gasteiger partial charge in [-0.25, -0.2) is 0 Å². The summed E-state index contributed by atoms with van der Waals surface area (Å²) in [5.41, 5.74) is 6.95. The molecule has 0 aromatic heterocycles. The normalized spacial score (nSPS) is 27.0. The van der Waals surface area contributed by atoms with Gasteiger partial charge in [0.25, 0.3) is 5.91 Å². The van der Waals surface area contributed by atoms with E-state index in [1.54, 1.807) is 0 Å². The molecule has 2 heterocycles. The summed E-state index contributed by atoms with van der Waals surface area (Å²) in [5, 5.41) is 0. The summed E-state index contributed by atoms with van der Waals surface area (Å²) in [6, 6.07) is 10.0. The van der Waals surface area contributed by atoms with Crippen LogP contribution in [0.3, 0.4) is 0 Å². The molecule has 0 bridgehead atoms. The lowest BCUT2D eigenvalue weighted by atomic mass is 9.71. The molecule has 2 saturated heterocycles. The average Bonchev–Trinajstić information content (AvgIpc) is 3.01. The summed E-state index contributed by atoms with van der Waals surface area (Å²) in [4.78, 5) is 14.3. The van der Waals surface area contributed by atoms with Crippen molar-refractivity contribution in [1.29, 1.82) is 0 Å². The third kappa shape index (κ3) is 3.67.